The third-order valence-electron chi connectivity index (χ3n) is 4.28. The van der Waals surface area contributed by atoms with Gasteiger partial charge in [0.05, 0.1) is 41.4 Å². The van der Waals surface area contributed by atoms with Gasteiger partial charge in [0.2, 0.25) is 0 Å². The third-order valence-corrected chi connectivity index (χ3v) is 4.28. The van der Waals surface area contributed by atoms with Crippen molar-refractivity contribution in [3.05, 3.63) is 68.3 Å². The Balaban J connectivity index is 2.08. The lowest BCUT2D eigenvalue weighted by molar-refractivity contribution is -0.394. The molecule has 0 radical (unpaired) electrons. The lowest BCUT2D eigenvalue weighted by Crippen LogP contribution is -2.41. The first-order chi connectivity index (χ1) is 14.0. The van der Waals surface area contributed by atoms with Gasteiger partial charge in [-0.15, -0.1) is 0 Å². The highest BCUT2D eigenvalue weighted by Crippen LogP contribution is 2.26. The number of nitrogens with zero attached hydrogens (tertiary/aromatic N) is 4. The molecule has 0 spiro atoms. The molecule has 29 heavy (non-hydrogen) atoms. The summed E-state index contributed by atoms with van der Waals surface area (Å²) in [5.74, 6) is 1.12. The second-order valence-corrected chi connectivity index (χ2v) is 6.21. The van der Waals surface area contributed by atoms with Crippen LogP contribution in [0.3, 0.4) is 0 Å². The Kier molecular flexibility index (Phi) is 6.35. The van der Waals surface area contributed by atoms with Crippen molar-refractivity contribution < 1.29 is 19.3 Å². The molecule has 10 heteroatoms. The van der Waals surface area contributed by atoms with E-state index in [9.17, 15) is 20.2 Å². The number of hydrogen-bond donors (Lipinski definition) is 0. The van der Waals surface area contributed by atoms with Gasteiger partial charge in [-0.2, -0.15) is 0 Å². The molecule has 0 amide bonds. The summed E-state index contributed by atoms with van der Waals surface area (Å²) in [6.07, 6.45) is 0. The van der Waals surface area contributed by atoms with Gasteiger partial charge in [-0.3, -0.25) is 20.2 Å². The molecule has 152 valence electrons. The van der Waals surface area contributed by atoms with Crippen molar-refractivity contribution in [2.24, 2.45) is 4.99 Å². The molecule has 1 aliphatic heterocycles. The van der Waals surface area contributed by atoms with Crippen LogP contribution in [-0.4, -0.2) is 53.5 Å². The fraction of sp³-hybridized carbons (Fsp3) is 0.316. The second kappa shape index (κ2) is 9.11. The summed E-state index contributed by atoms with van der Waals surface area (Å²) in [4.78, 5) is 27.8. The van der Waals surface area contributed by atoms with Gasteiger partial charge in [0.15, 0.2) is 0 Å². The Labute approximate surface area is 166 Å². The van der Waals surface area contributed by atoms with Gasteiger partial charge in [0, 0.05) is 30.8 Å². The average Bonchev–Trinajstić information content (AvgIpc) is 2.73. The van der Waals surface area contributed by atoms with Crippen LogP contribution in [-0.2, 0) is 4.74 Å². The molecule has 0 aromatic heterocycles. The quantitative estimate of drug-likeness (QED) is 0.316. The zero-order chi connectivity index (χ0) is 20.8. The van der Waals surface area contributed by atoms with Crippen molar-refractivity contribution in [1.29, 1.82) is 0 Å². The van der Waals surface area contributed by atoms with Crippen LogP contribution in [0, 0.1) is 20.2 Å². The summed E-state index contributed by atoms with van der Waals surface area (Å²) in [7, 11) is 0. The molecule has 0 aliphatic carbocycles. The number of hydrogen-bond acceptors (Lipinski definition) is 7. The zero-order valence-corrected chi connectivity index (χ0v) is 15.8. The predicted molar refractivity (Wildman–Crippen MR) is 106 cm³/mol. The highest BCUT2D eigenvalue weighted by molar-refractivity contribution is 6.01. The minimum Gasteiger partial charge on any atom is -0.494 e. The molecule has 0 N–H and O–H groups in total. The Hall–Kier alpha value is -3.53. The maximum absolute atomic E-state index is 11.3. The van der Waals surface area contributed by atoms with Crippen molar-refractivity contribution in [1.82, 2.24) is 4.90 Å². The fourth-order valence-electron chi connectivity index (χ4n) is 2.93. The first-order valence-electron chi connectivity index (χ1n) is 9.06. The van der Waals surface area contributed by atoms with Crippen LogP contribution in [0.2, 0.25) is 0 Å². The van der Waals surface area contributed by atoms with E-state index >= 15 is 0 Å². The van der Waals surface area contributed by atoms with Crippen molar-refractivity contribution in [3.8, 4) is 5.75 Å². The molecule has 0 unspecified atom stereocenters. The first kappa shape index (κ1) is 20.2. The first-order valence-corrected chi connectivity index (χ1v) is 9.06. The Morgan fingerprint density at radius 1 is 1.07 bits per heavy atom. The summed E-state index contributed by atoms with van der Waals surface area (Å²) < 4.78 is 10.8. The fourth-order valence-corrected chi connectivity index (χ4v) is 2.93. The Morgan fingerprint density at radius 3 is 2.17 bits per heavy atom. The van der Waals surface area contributed by atoms with E-state index in [0.29, 0.717) is 55.7 Å². The number of nitro benzene ring substituents is 2. The average molecular weight is 400 g/mol. The van der Waals surface area contributed by atoms with Gasteiger partial charge in [-0.05, 0) is 31.2 Å². The SMILES string of the molecule is CCOc1ccc(N=C(c2cc([N+](=O)[O-])cc([N+](=O)[O-])c2)N2CCOCC2)cc1. The largest absolute Gasteiger partial charge is 0.494 e. The van der Waals surface area contributed by atoms with E-state index in [1.807, 2.05) is 11.8 Å². The molecular weight excluding hydrogens is 380 g/mol. The van der Waals surface area contributed by atoms with Gasteiger partial charge in [-0.25, -0.2) is 4.99 Å². The van der Waals surface area contributed by atoms with E-state index in [1.54, 1.807) is 24.3 Å². The number of benzene rings is 2. The van der Waals surface area contributed by atoms with Crippen molar-refractivity contribution in [3.63, 3.8) is 0 Å². The number of morpholine rings is 1. The molecule has 3 rings (SSSR count). The number of rotatable bonds is 6. The Bertz CT molecular complexity index is 891. The maximum Gasteiger partial charge on any atom is 0.277 e. The minimum absolute atomic E-state index is 0.307. The van der Waals surface area contributed by atoms with Crippen LogP contribution in [0.25, 0.3) is 0 Å². The number of nitro groups is 2. The van der Waals surface area contributed by atoms with E-state index < -0.39 is 9.85 Å². The van der Waals surface area contributed by atoms with E-state index in [0.717, 1.165) is 6.07 Å². The molecule has 1 saturated heterocycles. The molecular formula is C19H20N4O6. The van der Waals surface area contributed by atoms with Crippen LogP contribution in [0.15, 0.2) is 47.5 Å². The lowest BCUT2D eigenvalue weighted by atomic mass is 10.1. The molecule has 0 bridgehead atoms. The summed E-state index contributed by atoms with van der Waals surface area (Å²) in [6.45, 7) is 4.41. The molecule has 2 aromatic carbocycles. The van der Waals surface area contributed by atoms with Crippen molar-refractivity contribution in [2.75, 3.05) is 32.9 Å². The topological polar surface area (TPSA) is 120 Å². The van der Waals surface area contributed by atoms with Gasteiger partial charge in [-0.1, -0.05) is 0 Å². The van der Waals surface area contributed by atoms with Crippen molar-refractivity contribution in [2.45, 2.75) is 6.92 Å². The summed E-state index contributed by atoms with van der Waals surface area (Å²) >= 11 is 0. The summed E-state index contributed by atoms with van der Waals surface area (Å²) in [5, 5.41) is 22.6. The van der Waals surface area contributed by atoms with Crippen LogP contribution < -0.4 is 4.74 Å². The van der Waals surface area contributed by atoms with E-state index in [1.165, 1.54) is 12.1 Å². The maximum atomic E-state index is 11.3. The lowest BCUT2D eigenvalue weighted by Gasteiger charge is -2.30. The smallest absolute Gasteiger partial charge is 0.277 e. The molecule has 0 saturated carbocycles. The summed E-state index contributed by atoms with van der Waals surface area (Å²) in [5.41, 5.74) is 0.189. The van der Waals surface area contributed by atoms with Crippen LogP contribution in [0.5, 0.6) is 5.75 Å². The van der Waals surface area contributed by atoms with E-state index in [-0.39, 0.29) is 11.4 Å². The van der Waals surface area contributed by atoms with Gasteiger partial charge in [0.1, 0.15) is 11.6 Å². The number of non-ortho nitro benzene ring substituents is 2. The Morgan fingerprint density at radius 2 is 1.66 bits per heavy atom. The second-order valence-electron chi connectivity index (χ2n) is 6.21. The summed E-state index contributed by atoms with van der Waals surface area (Å²) in [6, 6.07) is 10.6. The molecule has 2 aromatic rings. The molecule has 1 heterocycles. The molecule has 1 fully saturated rings. The van der Waals surface area contributed by atoms with E-state index in [2.05, 4.69) is 4.99 Å². The standard InChI is InChI=1S/C19H20N4O6/c1-2-29-18-5-3-15(4-6-18)20-19(21-7-9-28-10-8-21)14-11-16(22(24)25)13-17(12-14)23(26)27/h3-6,11-13H,2,7-10H2,1H3. The number of aliphatic imine (C=N–C) groups is 1. The highest BCUT2D eigenvalue weighted by atomic mass is 16.6. The zero-order valence-electron chi connectivity index (χ0n) is 15.8. The third kappa shape index (κ3) is 5.05. The van der Waals surface area contributed by atoms with Crippen LogP contribution in [0.1, 0.15) is 12.5 Å². The van der Waals surface area contributed by atoms with Crippen LogP contribution >= 0.6 is 0 Å². The van der Waals surface area contributed by atoms with Gasteiger partial charge < -0.3 is 14.4 Å². The molecule has 0 atom stereocenters. The predicted octanol–water partition coefficient (Wildman–Crippen LogP) is 3.31. The van der Waals surface area contributed by atoms with Crippen LogP contribution in [0.4, 0.5) is 17.1 Å². The van der Waals surface area contributed by atoms with Crippen molar-refractivity contribution >= 4 is 22.9 Å². The highest BCUT2D eigenvalue weighted by Gasteiger charge is 2.23. The van der Waals surface area contributed by atoms with Gasteiger partial charge >= 0.3 is 0 Å². The number of amidine groups is 1. The molecule has 10 nitrogen and oxygen atoms in total. The normalized spacial score (nSPS) is 14.5. The number of ether oxygens (including phenoxy) is 2. The van der Waals surface area contributed by atoms with E-state index in [4.69, 9.17) is 9.47 Å². The molecule has 1 aliphatic rings. The minimum atomic E-state index is -0.648. The van der Waals surface area contributed by atoms with Gasteiger partial charge in [0.25, 0.3) is 11.4 Å². The monoisotopic (exact) mass is 400 g/mol.